The molecule has 0 saturated carbocycles. The van der Waals surface area contributed by atoms with Crippen LogP contribution in [0.5, 0.6) is 5.75 Å². The van der Waals surface area contributed by atoms with Crippen molar-refractivity contribution in [2.24, 2.45) is 0 Å². The highest BCUT2D eigenvalue weighted by atomic mass is 16.5. The van der Waals surface area contributed by atoms with E-state index < -0.39 is 0 Å². The first kappa shape index (κ1) is 9.25. The van der Waals surface area contributed by atoms with Gasteiger partial charge < -0.3 is 4.74 Å². The summed E-state index contributed by atoms with van der Waals surface area (Å²) < 4.78 is 5.41. The number of aryl methyl sites for hydroxylation is 1. The average molecular weight is 190 g/mol. The van der Waals surface area contributed by atoms with Crippen LogP contribution in [-0.2, 0) is 17.6 Å². The quantitative estimate of drug-likeness (QED) is 0.714. The molecule has 2 nitrogen and oxygen atoms in total. The summed E-state index contributed by atoms with van der Waals surface area (Å²) in [4.78, 5) is 11.2. The first-order valence-corrected chi connectivity index (χ1v) is 5.06. The van der Waals surface area contributed by atoms with Crippen molar-refractivity contribution in [1.82, 2.24) is 0 Å². The van der Waals surface area contributed by atoms with Gasteiger partial charge in [-0.2, -0.15) is 0 Å². The van der Waals surface area contributed by atoms with Crippen LogP contribution in [0.25, 0.3) is 0 Å². The molecule has 0 fully saturated rings. The number of hydrogen-bond donors (Lipinski definition) is 0. The van der Waals surface area contributed by atoms with E-state index in [4.69, 9.17) is 4.74 Å². The maximum absolute atomic E-state index is 11.2. The maximum atomic E-state index is 11.2. The predicted molar refractivity (Wildman–Crippen MR) is 54.6 cm³/mol. The van der Waals surface area contributed by atoms with Gasteiger partial charge in [0.1, 0.15) is 11.5 Å². The number of fused-ring (bicyclic) bond motifs is 1. The van der Waals surface area contributed by atoms with Gasteiger partial charge in [0.05, 0.1) is 6.61 Å². The van der Waals surface area contributed by atoms with E-state index in [1.165, 1.54) is 11.1 Å². The Balaban J connectivity index is 2.26. The SMILES string of the molecule is CCOc1ccc2c(c1)CCC(=O)C2. The van der Waals surface area contributed by atoms with Crippen LogP contribution < -0.4 is 4.74 Å². The Morgan fingerprint density at radius 3 is 2.93 bits per heavy atom. The molecule has 0 bridgehead atoms. The lowest BCUT2D eigenvalue weighted by molar-refractivity contribution is -0.118. The minimum absolute atomic E-state index is 0.349. The number of carbonyl (C=O) groups is 1. The molecule has 0 heterocycles. The largest absolute Gasteiger partial charge is 0.494 e. The minimum Gasteiger partial charge on any atom is -0.494 e. The molecular weight excluding hydrogens is 176 g/mol. The van der Waals surface area contributed by atoms with E-state index >= 15 is 0 Å². The van der Waals surface area contributed by atoms with Crippen molar-refractivity contribution >= 4 is 5.78 Å². The van der Waals surface area contributed by atoms with E-state index in [9.17, 15) is 4.79 Å². The number of rotatable bonds is 2. The van der Waals surface area contributed by atoms with Crippen molar-refractivity contribution < 1.29 is 9.53 Å². The Kier molecular flexibility index (Phi) is 2.53. The first-order valence-electron chi connectivity index (χ1n) is 5.06. The first-order chi connectivity index (χ1) is 6.79. The van der Waals surface area contributed by atoms with Crippen molar-refractivity contribution in [2.45, 2.75) is 26.2 Å². The Labute approximate surface area is 83.9 Å². The Morgan fingerprint density at radius 1 is 1.29 bits per heavy atom. The van der Waals surface area contributed by atoms with E-state index in [2.05, 4.69) is 6.07 Å². The van der Waals surface area contributed by atoms with Gasteiger partial charge in [-0.25, -0.2) is 0 Å². The maximum Gasteiger partial charge on any atom is 0.137 e. The van der Waals surface area contributed by atoms with Gasteiger partial charge in [0, 0.05) is 12.8 Å². The van der Waals surface area contributed by atoms with E-state index in [1.807, 2.05) is 19.1 Å². The summed E-state index contributed by atoms with van der Waals surface area (Å²) in [6.07, 6.45) is 2.15. The smallest absolute Gasteiger partial charge is 0.137 e. The fourth-order valence-electron chi connectivity index (χ4n) is 1.84. The highest BCUT2D eigenvalue weighted by Gasteiger charge is 2.15. The van der Waals surface area contributed by atoms with Gasteiger partial charge in [-0.3, -0.25) is 4.79 Å². The summed E-state index contributed by atoms with van der Waals surface area (Å²) in [5, 5.41) is 0. The Bertz CT molecular complexity index is 355. The Morgan fingerprint density at radius 2 is 2.14 bits per heavy atom. The summed E-state index contributed by atoms with van der Waals surface area (Å²) >= 11 is 0. The van der Waals surface area contributed by atoms with Crippen LogP contribution in [0.4, 0.5) is 0 Å². The van der Waals surface area contributed by atoms with Crippen LogP contribution in [0.1, 0.15) is 24.5 Å². The molecule has 0 N–H and O–H groups in total. The molecule has 0 saturated heterocycles. The molecule has 1 aliphatic rings. The molecule has 1 aromatic rings. The summed E-state index contributed by atoms with van der Waals surface area (Å²) in [6, 6.07) is 6.02. The van der Waals surface area contributed by atoms with Gasteiger partial charge >= 0.3 is 0 Å². The second-order valence-electron chi connectivity index (χ2n) is 3.58. The van der Waals surface area contributed by atoms with Crippen molar-refractivity contribution in [3.8, 4) is 5.75 Å². The topological polar surface area (TPSA) is 26.3 Å². The highest BCUT2D eigenvalue weighted by molar-refractivity contribution is 5.83. The zero-order valence-electron chi connectivity index (χ0n) is 8.38. The summed E-state index contributed by atoms with van der Waals surface area (Å²) in [7, 11) is 0. The summed E-state index contributed by atoms with van der Waals surface area (Å²) in [5.41, 5.74) is 2.44. The van der Waals surface area contributed by atoms with Crippen molar-refractivity contribution in [1.29, 1.82) is 0 Å². The molecular formula is C12H14O2. The lowest BCUT2D eigenvalue weighted by atomic mass is 9.91. The molecule has 0 radical (unpaired) electrons. The molecule has 1 aliphatic carbocycles. The number of benzene rings is 1. The van der Waals surface area contributed by atoms with Gasteiger partial charge in [0.2, 0.25) is 0 Å². The minimum atomic E-state index is 0.349. The molecule has 14 heavy (non-hydrogen) atoms. The molecule has 1 aromatic carbocycles. The van der Waals surface area contributed by atoms with Crippen LogP contribution in [-0.4, -0.2) is 12.4 Å². The number of Topliss-reactive ketones (excluding diaryl/α,β-unsaturated/α-hetero) is 1. The third-order valence-corrected chi connectivity index (χ3v) is 2.55. The number of ether oxygens (including phenoxy) is 1. The lowest BCUT2D eigenvalue weighted by Crippen LogP contribution is -2.13. The van der Waals surface area contributed by atoms with Crippen LogP contribution in [0, 0.1) is 0 Å². The number of ketones is 1. The number of carbonyl (C=O) groups excluding carboxylic acids is 1. The van der Waals surface area contributed by atoms with E-state index in [0.717, 1.165) is 12.2 Å². The van der Waals surface area contributed by atoms with Gasteiger partial charge in [0.15, 0.2) is 0 Å². The summed E-state index contributed by atoms with van der Waals surface area (Å²) in [6.45, 7) is 2.67. The number of hydrogen-bond acceptors (Lipinski definition) is 2. The van der Waals surface area contributed by atoms with Gasteiger partial charge in [-0.15, -0.1) is 0 Å². The third kappa shape index (κ3) is 1.79. The fourth-order valence-corrected chi connectivity index (χ4v) is 1.84. The second kappa shape index (κ2) is 3.82. The molecule has 0 aliphatic heterocycles. The molecule has 2 heteroatoms. The third-order valence-electron chi connectivity index (χ3n) is 2.55. The second-order valence-corrected chi connectivity index (χ2v) is 3.58. The van der Waals surface area contributed by atoms with E-state index in [0.29, 0.717) is 25.2 Å². The molecule has 0 aromatic heterocycles. The molecule has 0 unspecified atom stereocenters. The predicted octanol–water partition coefficient (Wildman–Crippen LogP) is 2.14. The molecule has 0 spiro atoms. The van der Waals surface area contributed by atoms with E-state index in [1.54, 1.807) is 0 Å². The lowest BCUT2D eigenvalue weighted by Gasteiger charge is -2.15. The molecule has 0 amide bonds. The van der Waals surface area contributed by atoms with Crippen LogP contribution in [0.3, 0.4) is 0 Å². The van der Waals surface area contributed by atoms with Crippen molar-refractivity contribution in [3.63, 3.8) is 0 Å². The highest BCUT2D eigenvalue weighted by Crippen LogP contribution is 2.23. The fraction of sp³-hybridized carbons (Fsp3) is 0.417. The molecule has 74 valence electrons. The van der Waals surface area contributed by atoms with E-state index in [-0.39, 0.29) is 0 Å². The standard InChI is InChI=1S/C12H14O2/c1-2-14-12-6-4-9-7-11(13)5-3-10(9)8-12/h4,6,8H,2-3,5,7H2,1H3. The summed E-state index contributed by atoms with van der Waals surface area (Å²) in [5.74, 6) is 1.27. The van der Waals surface area contributed by atoms with Gasteiger partial charge in [-0.05, 0) is 36.6 Å². The van der Waals surface area contributed by atoms with Gasteiger partial charge in [0.25, 0.3) is 0 Å². The average Bonchev–Trinajstić information content (AvgIpc) is 2.19. The molecule has 0 atom stereocenters. The van der Waals surface area contributed by atoms with Gasteiger partial charge in [-0.1, -0.05) is 6.07 Å². The zero-order chi connectivity index (χ0) is 9.97. The molecule has 2 rings (SSSR count). The zero-order valence-corrected chi connectivity index (χ0v) is 8.38. The van der Waals surface area contributed by atoms with Crippen LogP contribution in [0.15, 0.2) is 18.2 Å². The Hall–Kier alpha value is -1.31. The van der Waals surface area contributed by atoms with Crippen LogP contribution in [0.2, 0.25) is 0 Å². The van der Waals surface area contributed by atoms with Crippen LogP contribution >= 0.6 is 0 Å². The normalized spacial score (nSPS) is 15.1. The van der Waals surface area contributed by atoms with Crippen molar-refractivity contribution in [2.75, 3.05) is 6.61 Å². The van der Waals surface area contributed by atoms with Crippen molar-refractivity contribution in [3.05, 3.63) is 29.3 Å². The monoisotopic (exact) mass is 190 g/mol.